The Labute approximate surface area is 174 Å². The molecule has 2 aromatic carbocycles. The summed E-state index contributed by atoms with van der Waals surface area (Å²) in [5, 5.41) is 2.97. The Morgan fingerprint density at radius 2 is 1.93 bits per heavy atom. The molecule has 1 aliphatic rings. The van der Waals surface area contributed by atoms with Crippen molar-refractivity contribution >= 4 is 17.5 Å². The third-order valence-corrected chi connectivity index (χ3v) is 5.21. The summed E-state index contributed by atoms with van der Waals surface area (Å²) in [4.78, 5) is 23.7. The average Bonchev–Trinajstić information content (AvgIpc) is 2.79. The topological polar surface area (TPSA) is 67.3 Å². The third-order valence-electron chi connectivity index (χ3n) is 5.21. The average molecular weight is 406 g/mol. The lowest BCUT2D eigenvalue weighted by atomic mass is 9.97. The summed E-state index contributed by atoms with van der Waals surface area (Å²) in [7, 11) is 1.60. The van der Waals surface area contributed by atoms with E-state index in [2.05, 4.69) is 15.3 Å². The van der Waals surface area contributed by atoms with Gasteiger partial charge in [-0.25, -0.2) is 14.4 Å². The number of nitrogens with zero attached hydrogens (tertiary/aromatic N) is 3. The Bertz CT molecular complexity index is 1030. The minimum Gasteiger partial charge on any atom is -0.497 e. The molecular weight excluding hydrogens is 383 g/mol. The van der Waals surface area contributed by atoms with E-state index >= 15 is 0 Å². The van der Waals surface area contributed by atoms with Crippen molar-refractivity contribution in [1.29, 1.82) is 0 Å². The molecular formula is C23H23FN4O2. The molecule has 1 aromatic heterocycles. The number of ether oxygens (including phenoxy) is 1. The van der Waals surface area contributed by atoms with Crippen LogP contribution in [0.15, 0.2) is 60.9 Å². The van der Waals surface area contributed by atoms with Crippen LogP contribution in [0, 0.1) is 11.7 Å². The van der Waals surface area contributed by atoms with E-state index in [0.717, 1.165) is 30.5 Å². The Morgan fingerprint density at radius 1 is 1.13 bits per heavy atom. The summed E-state index contributed by atoms with van der Waals surface area (Å²) in [6.07, 6.45) is 5.08. The lowest BCUT2D eigenvalue weighted by Crippen LogP contribution is -2.41. The maximum absolute atomic E-state index is 13.4. The fraction of sp³-hybridized carbons (Fsp3) is 0.261. The molecule has 0 bridgehead atoms. The number of methoxy groups -OCH3 is 1. The van der Waals surface area contributed by atoms with Gasteiger partial charge >= 0.3 is 0 Å². The number of piperidine rings is 1. The molecule has 6 nitrogen and oxygen atoms in total. The monoisotopic (exact) mass is 406 g/mol. The number of rotatable bonds is 5. The smallest absolute Gasteiger partial charge is 0.229 e. The van der Waals surface area contributed by atoms with E-state index in [4.69, 9.17) is 4.74 Å². The fourth-order valence-corrected chi connectivity index (χ4v) is 3.62. The van der Waals surface area contributed by atoms with Crippen LogP contribution in [-0.4, -0.2) is 36.1 Å². The second-order valence-corrected chi connectivity index (χ2v) is 7.29. The maximum atomic E-state index is 13.4. The van der Waals surface area contributed by atoms with Gasteiger partial charge in [0.15, 0.2) is 0 Å². The maximum Gasteiger partial charge on any atom is 0.229 e. The number of hydrogen-bond donors (Lipinski definition) is 1. The number of hydrogen-bond acceptors (Lipinski definition) is 5. The number of halogens is 1. The van der Waals surface area contributed by atoms with Crippen molar-refractivity contribution < 1.29 is 13.9 Å². The number of benzene rings is 2. The van der Waals surface area contributed by atoms with Gasteiger partial charge in [-0.15, -0.1) is 0 Å². The summed E-state index contributed by atoms with van der Waals surface area (Å²) in [5.41, 5.74) is 2.20. The van der Waals surface area contributed by atoms with Crippen molar-refractivity contribution in [3.05, 3.63) is 66.7 Å². The van der Waals surface area contributed by atoms with Gasteiger partial charge in [-0.3, -0.25) is 4.79 Å². The first-order valence-electron chi connectivity index (χ1n) is 9.90. The van der Waals surface area contributed by atoms with E-state index in [0.29, 0.717) is 23.9 Å². The van der Waals surface area contributed by atoms with Crippen LogP contribution in [0.1, 0.15) is 12.8 Å². The van der Waals surface area contributed by atoms with Gasteiger partial charge in [-0.05, 0) is 42.7 Å². The van der Waals surface area contributed by atoms with Gasteiger partial charge in [0.1, 0.15) is 11.6 Å². The van der Waals surface area contributed by atoms with Crippen molar-refractivity contribution in [3.8, 4) is 16.9 Å². The van der Waals surface area contributed by atoms with Gasteiger partial charge in [-0.1, -0.05) is 18.2 Å². The Kier molecular flexibility index (Phi) is 5.88. The molecule has 1 unspecified atom stereocenters. The summed E-state index contributed by atoms with van der Waals surface area (Å²) in [6.45, 7) is 1.34. The second-order valence-electron chi connectivity index (χ2n) is 7.29. The molecule has 3 aromatic rings. The van der Waals surface area contributed by atoms with Crippen LogP contribution in [0.4, 0.5) is 16.0 Å². The van der Waals surface area contributed by atoms with Crippen LogP contribution in [-0.2, 0) is 4.79 Å². The number of aromatic nitrogens is 2. The molecule has 7 heteroatoms. The van der Waals surface area contributed by atoms with Gasteiger partial charge in [0, 0.05) is 42.8 Å². The molecule has 0 spiro atoms. The van der Waals surface area contributed by atoms with Gasteiger partial charge in [0.25, 0.3) is 0 Å². The molecule has 1 amide bonds. The van der Waals surface area contributed by atoms with Gasteiger partial charge in [-0.2, -0.15) is 0 Å². The highest BCUT2D eigenvalue weighted by Crippen LogP contribution is 2.25. The zero-order valence-corrected chi connectivity index (χ0v) is 16.7. The summed E-state index contributed by atoms with van der Waals surface area (Å²) in [6, 6.07) is 13.7. The summed E-state index contributed by atoms with van der Waals surface area (Å²) >= 11 is 0. The quantitative estimate of drug-likeness (QED) is 0.690. The predicted octanol–water partition coefficient (Wildman–Crippen LogP) is 4.15. The molecule has 1 atom stereocenters. The van der Waals surface area contributed by atoms with Gasteiger partial charge in [0.05, 0.1) is 13.0 Å². The number of anilines is 2. The molecule has 0 radical (unpaired) electrons. The number of nitrogens with one attached hydrogen (secondary N) is 1. The normalized spacial score (nSPS) is 16.2. The van der Waals surface area contributed by atoms with Crippen molar-refractivity contribution in [3.63, 3.8) is 0 Å². The molecule has 30 heavy (non-hydrogen) atoms. The zero-order chi connectivity index (χ0) is 20.9. The van der Waals surface area contributed by atoms with E-state index in [-0.39, 0.29) is 17.6 Å². The highest BCUT2D eigenvalue weighted by molar-refractivity contribution is 5.93. The summed E-state index contributed by atoms with van der Waals surface area (Å²) < 4.78 is 18.7. The van der Waals surface area contributed by atoms with Crippen molar-refractivity contribution in [1.82, 2.24) is 9.97 Å². The first-order valence-corrected chi connectivity index (χ1v) is 9.90. The molecule has 1 fully saturated rings. The van der Waals surface area contributed by atoms with Gasteiger partial charge < -0.3 is 15.0 Å². The zero-order valence-electron chi connectivity index (χ0n) is 16.7. The number of amides is 1. The second kappa shape index (κ2) is 8.90. The van der Waals surface area contributed by atoms with E-state index in [9.17, 15) is 9.18 Å². The van der Waals surface area contributed by atoms with E-state index in [1.165, 1.54) is 12.1 Å². The first-order chi connectivity index (χ1) is 14.6. The Balaban J connectivity index is 1.42. The first kappa shape index (κ1) is 19.8. The minimum absolute atomic E-state index is 0.0238. The number of carbonyl (C=O) groups is 1. The Morgan fingerprint density at radius 3 is 2.70 bits per heavy atom. The standard InChI is InChI=1S/C23H23FN4O2/c1-30-21-9-3-8-20(12-21)27-22(29)17-6-4-10-28(15-17)23-25-13-18(14-26-23)16-5-2-7-19(24)11-16/h2-3,5,7-9,11-14,17H,4,6,10,15H2,1H3,(H,27,29). The fourth-order valence-electron chi connectivity index (χ4n) is 3.62. The molecule has 154 valence electrons. The largest absolute Gasteiger partial charge is 0.497 e. The third kappa shape index (κ3) is 4.56. The van der Waals surface area contributed by atoms with E-state index in [1.807, 2.05) is 29.2 Å². The molecule has 0 saturated carbocycles. The van der Waals surface area contributed by atoms with Crippen LogP contribution in [0.25, 0.3) is 11.1 Å². The lowest BCUT2D eigenvalue weighted by Gasteiger charge is -2.32. The van der Waals surface area contributed by atoms with E-state index in [1.54, 1.807) is 31.6 Å². The van der Waals surface area contributed by atoms with Crippen LogP contribution in [0.5, 0.6) is 5.75 Å². The van der Waals surface area contributed by atoms with Crippen LogP contribution < -0.4 is 15.0 Å². The number of carbonyl (C=O) groups excluding carboxylic acids is 1. The molecule has 1 saturated heterocycles. The highest BCUT2D eigenvalue weighted by atomic mass is 19.1. The van der Waals surface area contributed by atoms with Crippen molar-refractivity contribution in [2.75, 3.05) is 30.4 Å². The van der Waals surface area contributed by atoms with Crippen molar-refractivity contribution in [2.24, 2.45) is 5.92 Å². The Hall–Kier alpha value is -3.48. The van der Waals surface area contributed by atoms with Crippen molar-refractivity contribution in [2.45, 2.75) is 12.8 Å². The molecule has 0 aliphatic carbocycles. The van der Waals surface area contributed by atoms with Crippen LogP contribution in [0.3, 0.4) is 0 Å². The molecule has 1 aliphatic heterocycles. The minimum atomic E-state index is -0.294. The van der Waals surface area contributed by atoms with E-state index < -0.39 is 0 Å². The molecule has 4 rings (SSSR count). The lowest BCUT2D eigenvalue weighted by molar-refractivity contribution is -0.120. The van der Waals surface area contributed by atoms with Crippen LogP contribution >= 0.6 is 0 Å². The SMILES string of the molecule is COc1cccc(NC(=O)C2CCCN(c3ncc(-c4cccc(F)c4)cn3)C2)c1. The predicted molar refractivity (Wildman–Crippen MR) is 114 cm³/mol. The highest BCUT2D eigenvalue weighted by Gasteiger charge is 2.27. The summed E-state index contributed by atoms with van der Waals surface area (Å²) in [5.74, 6) is 0.803. The van der Waals surface area contributed by atoms with Gasteiger partial charge in [0.2, 0.25) is 11.9 Å². The molecule has 1 N–H and O–H groups in total. The van der Waals surface area contributed by atoms with Crippen LogP contribution in [0.2, 0.25) is 0 Å². The molecule has 2 heterocycles.